The topological polar surface area (TPSA) is 153 Å². The number of hydrogen-bond acceptors (Lipinski definition) is 8. The van der Waals surface area contributed by atoms with E-state index in [9.17, 15) is 15.0 Å². The van der Waals surface area contributed by atoms with E-state index in [0.717, 1.165) is 7.11 Å². The number of aliphatic hydroxyl groups excluding tert-OH is 4. The van der Waals surface area contributed by atoms with Crippen LogP contribution in [0.2, 0.25) is 0 Å². The van der Waals surface area contributed by atoms with E-state index in [0.29, 0.717) is 0 Å². The highest BCUT2D eigenvalue weighted by atomic mass is 16.5. The highest BCUT2D eigenvalue weighted by molar-refractivity contribution is 5.79. The zero-order chi connectivity index (χ0) is 12.2. The van der Waals surface area contributed by atoms with Gasteiger partial charge in [0.25, 0.3) is 0 Å². The summed E-state index contributed by atoms with van der Waals surface area (Å²) in [6, 6.07) is 0. The Morgan fingerprint density at radius 3 is 2.27 bits per heavy atom. The summed E-state index contributed by atoms with van der Waals surface area (Å²) < 4.78 is 4.07. The van der Waals surface area contributed by atoms with Crippen LogP contribution in [0, 0.1) is 0 Å². The smallest absolute Gasteiger partial charge is 0.356 e. The number of hydrogen-bond donors (Lipinski definition) is 6. The first kappa shape index (κ1) is 14.2. The molecule has 0 amide bonds. The molecule has 0 aromatic rings. The van der Waals surface area contributed by atoms with Crippen LogP contribution in [0.1, 0.15) is 0 Å². The van der Waals surface area contributed by atoms with Crippen LogP contribution in [-0.4, -0.2) is 69.3 Å². The molecule has 90 valence electrons. The SMILES string of the molecule is COC(=O)[C@](N)(O)[C@@H](O)[C@H](O)[C@H](O)CO. The fourth-order valence-corrected chi connectivity index (χ4v) is 0.863. The van der Waals surface area contributed by atoms with E-state index < -0.39 is 36.6 Å². The van der Waals surface area contributed by atoms with Crippen LogP contribution < -0.4 is 5.73 Å². The second-order valence-corrected chi connectivity index (χ2v) is 3.00. The summed E-state index contributed by atoms with van der Waals surface area (Å²) in [5, 5.41) is 45.1. The Morgan fingerprint density at radius 1 is 1.47 bits per heavy atom. The fraction of sp³-hybridized carbons (Fsp3) is 0.857. The minimum absolute atomic E-state index is 0.866. The molecule has 0 aromatic heterocycles. The van der Waals surface area contributed by atoms with Gasteiger partial charge in [-0.2, -0.15) is 0 Å². The van der Waals surface area contributed by atoms with Crippen molar-refractivity contribution in [3.63, 3.8) is 0 Å². The Bertz CT molecular complexity index is 219. The molecular formula is C7H15NO7. The second kappa shape index (κ2) is 5.35. The Hall–Kier alpha value is -0.770. The van der Waals surface area contributed by atoms with E-state index in [2.05, 4.69) is 4.74 Å². The summed E-state index contributed by atoms with van der Waals surface area (Å²) in [5.74, 6) is -1.38. The van der Waals surface area contributed by atoms with Gasteiger partial charge in [-0.05, 0) is 0 Å². The Morgan fingerprint density at radius 2 is 1.93 bits per heavy atom. The molecule has 15 heavy (non-hydrogen) atoms. The lowest BCUT2D eigenvalue weighted by molar-refractivity contribution is -0.192. The maximum Gasteiger partial charge on any atom is 0.356 e. The van der Waals surface area contributed by atoms with Crippen LogP contribution in [0.5, 0.6) is 0 Å². The standard InChI is InChI=1S/C7H15NO7/c1-15-6(13)7(8,14)5(12)4(11)3(10)2-9/h3-5,9-12,14H,2,8H2,1H3/t3-,4-,5+,7-/m1/s1. The number of ether oxygens (including phenoxy) is 1. The molecule has 0 bridgehead atoms. The third-order valence-electron chi connectivity index (χ3n) is 1.87. The number of carbonyl (C=O) groups excluding carboxylic acids is 1. The molecule has 4 atom stereocenters. The Kier molecular flexibility index (Phi) is 5.08. The molecule has 0 aliphatic heterocycles. The fourth-order valence-electron chi connectivity index (χ4n) is 0.863. The number of nitrogens with two attached hydrogens (primary N) is 1. The van der Waals surface area contributed by atoms with Crippen LogP contribution >= 0.6 is 0 Å². The third kappa shape index (κ3) is 3.09. The van der Waals surface area contributed by atoms with E-state index in [-0.39, 0.29) is 0 Å². The number of carbonyl (C=O) groups is 1. The number of aliphatic hydroxyl groups is 5. The van der Waals surface area contributed by atoms with Crippen LogP contribution in [0.25, 0.3) is 0 Å². The molecule has 8 heteroatoms. The van der Waals surface area contributed by atoms with Gasteiger partial charge in [0.15, 0.2) is 0 Å². The summed E-state index contributed by atoms with van der Waals surface area (Å²) in [4.78, 5) is 10.9. The zero-order valence-corrected chi connectivity index (χ0v) is 8.07. The van der Waals surface area contributed by atoms with Crippen molar-refractivity contribution in [2.75, 3.05) is 13.7 Å². The average Bonchev–Trinajstić information content (AvgIpc) is 2.24. The minimum atomic E-state index is -2.86. The number of rotatable bonds is 5. The molecular weight excluding hydrogens is 210 g/mol. The van der Waals surface area contributed by atoms with Gasteiger partial charge in [0, 0.05) is 0 Å². The van der Waals surface area contributed by atoms with Crippen LogP contribution in [0.4, 0.5) is 0 Å². The van der Waals surface area contributed by atoms with Gasteiger partial charge in [-0.1, -0.05) is 0 Å². The summed E-state index contributed by atoms with van der Waals surface area (Å²) in [7, 11) is 0.918. The van der Waals surface area contributed by atoms with Crippen LogP contribution in [0.3, 0.4) is 0 Å². The van der Waals surface area contributed by atoms with E-state index in [1.807, 2.05) is 0 Å². The minimum Gasteiger partial charge on any atom is -0.466 e. The van der Waals surface area contributed by atoms with Crippen molar-refractivity contribution in [1.82, 2.24) is 0 Å². The Labute approximate surface area is 85.5 Å². The molecule has 0 aromatic carbocycles. The highest BCUT2D eigenvalue weighted by Gasteiger charge is 2.46. The van der Waals surface area contributed by atoms with Crippen molar-refractivity contribution in [3.05, 3.63) is 0 Å². The first-order valence-electron chi connectivity index (χ1n) is 4.03. The molecule has 0 saturated heterocycles. The second-order valence-electron chi connectivity index (χ2n) is 3.00. The number of methoxy groups -OCH3 is 1. The molecule has 0 fully saturated rings. The van der Waals surface area contributed by atoms with Gasteiger partial charge in [-0.15, -0.1) is 0 Å². The van der Waals surface area contributed by atoms with Crippen molar-refractivity contribution in [1.29, 1.82) is 0 Å². The van der Waals surface area contributed by atoms with Crippen molar-refractivity contribution < 1.29 is 35.1 Å². The van der Waals surface area contributed by atoms with E-state index in [1.54, 1.807) is 0 Å². The lowest BCUT2D eigenvalue weighted by Gasteiger charge is -2.30. The van der Waals surface area contributed by atoms with Gasteiger partial charge < -0.3 is 30.3 Å². The molecule has 0 saturated carbocycles. The van der Waals surface area contributed by atoms with Crippen LogP contribution in [-0.2, 0) is 9.53 Å². The van der Waals surface area contributed by atoms with Gasteiger partial charge in [-0.3, -0.25) is 5.73 Å². The number of esters is 1. The first-order chi connectivity index (χ1) is 6.78. The molecule has 0 unspecified atom stereocenters. The van der Waals surface area contributed by atoms with E-state index in [4.69, 9.17) is 21.1 Å². The van der Waals surface area contributed by atoms with Crippen molar-refractivity contribution >= 4 is 5.97 Å². The molecule has 0 aliphatic carbocycles. The van der Waals surface area contributed by atoms with E-state index >= 15 is 0 Å². The predicted octanol–water partition coefficient (Wildman–Crippen LogP) is -4.12. The lowest BCUT2D eigenvalue weighted by Crippen LogP contribution is -2.63. The maximum absolute atomic E-state index is 10.9. The quantitative estimate of drug-likeness (QED) is 0.204. The largest absolute Gasteiger partial charge is 0.466 e. The lowest BCUT2D eigenvalue weighted by atomic mass is 9.98. The third-order valence-corrected chi connectivity index (χ3v) is 1.87. The predicted molar refractivity (Wildman–Crippen MR) is 46.3 cm³/mol. The van der Waals surface area contributed by atoms with Crippen molar-refractivity contribution in [2.24, 2.45) is 5.73 Å². The normalized spacial score (nSPS) is 21.3. The molecule has 0 radical (unpaired) electrons. The average molecular weight is 225 g/mol. The molecule has 8 nitrogen and oxygen atoms in total. The summed E-state index contributed by atoms with van der Waals surface area (Å²) in [5.41, 5.74) is 2.13. The molecule has 0 rings (SSSR count). The van der Waals surface area contributed by atoms with Crippen molar-refractivity contribution in [2.45, 2.75) is 24.0 Å². The van der Waals surface area contributed by atoms with Crippen molar-refractivity contribution in [3.8, 4) is 0 Å². The Balaban J connectivity index is 4.67. The summed E-state index contributed by atoms with van der Waals surface area (Å²) in [6.45, 7) is -0.866. The van der Waals surface area contributed by atoms with Gasteiger partial charge in [0.2, 0.25) is 5.72 Å². The molecule has 0 heterocycles. The highest BCUT2D eigenvalue weighted by Crippen LogP contribution is 2.12. The summed E-state index contributed by atoms with van der Waals surface area (Å²) in [6.07, 6.45) is -5.91. The first-order valence-corrected chi connectivity index (χ1v) is 4.03. The van der Waals surface area contributed by atoms with Gasteiger partial charge in [0.05, 0.1) is 13.7 Å². The maximum atomic E-state index is 10.9. The van der Waals surface area contributed by atoms with E-state index in [1.165, 1.54) is 0 Å². The van der Waals surface area contributed by atoms with Crippen LogP contribution in [0.15, 0.2) is 0 Å². The zero-order valence-electron chi connectivity index (χ0n) is 8.07. The van der Waals surface area contributed by atoms with Gasteiger partial charge in [-0.25, -0.2) is 4.79 Å². The molecule has 0 aliphatic rings. The summed E-state index contributed by atoms with van der Waals surface area (Å²) >= 11 is 0. The van der Waals surface area contributed by atoms with Gasteiger partial charge >= 0.3 is 5.97 Å². The molecule has 0 spiro atoms. The monoisotopic (exact) mass is 225 g/mol. The van der Waals surface area contributed by atoms with Gasteiger partial charge in [0.1, 0.15) is 18.3 Å². The molecule has 7 N–H and O–H groups in total.